The van der Waals surface area contributed by atoms with Crippen LogP contribution in [-0.2, 0) is 6.42 Å². The zero-order valence-electron chi connectivity index (χ0n) is 8.22. The molecule has 0 aromatic carbocycles. The van der Waals surface area contributed by atoms with Gasteiger partial charge in [-0.25, -0.2) is 4.98 Å². The van der Waals surface area contributed by atoms with Crippen molar-refractivity contribution in [1.82, 2.24) is 4.98 Å². The van der Waals surface area contributed by atoms with Crippen molar-refractivity contribution < 1.29 is 0 Å². The molecule has 0 aliphatic heterocycles. The van der Waals surface area contributed by atoms with Gasteiger partial charge in [-0.3, -0.25) is 0 Å². The van der Waals surface area contributed by atoms with Gasteiger partial charge in [-0.05, 0) is 40.9 Å². The Morgan fingerprint density at radius 2 is 2.33 bits per heavy atom. The summed E-state index contributed by atoms with van der Waals surface area (Å²) in [6.45, 7) is 0. The molecule has 2 aromatic rings. The summed E-state index contributed by atoms with van der Waals surface area (Å²) >= 11 is 3.45. The molecule has 0 aliphatic carbocycles. The van der Waals surface area contributed by atoms with Crippen LogP contribution in [0.3, 0.4) is 0 Å². The van der Waals surface area contributed by atoms with E-state index < -0.39 is 0 Å². The van der Waals surface area contributed by atoms with Gasteiger partial charge in [-0.1, -0.05) is 0 Å². The zero-order valence-corrected chi connectivity index (χ0v) is 9.85. The SMILES string of the molecule is Nc1cccnc1SCCc1ccsc1. The molecule has 4 heteroatoms. The van der Waals surface area contributed by atoms with E-state index in [0.29, 0.717) is 0 Å². The maximum absolute atomic E-state index is 5.80. The van der Waals surface area contributed by atoms with Crippen LogP contribution in [0.5, 0.6) is 0 Å². The third-order valence-corrected chi connectivity index (χ3v) is 3.77. The van der Waals surface area contributed by atoms with Gasteiger partial charge < -0.3 is 5.73 Å². The van der Waals surface area contributed by atoms with Crippen LogP contribution in [0.4, 0.5) is 5.69 Å². The topological polar surface area (TPSA) is 38.9 Å². The minimum Gasteiger partial charge on any atom is -0.397 e. The molecule has 0 radical (unpaired) electrons. The van der Waals surface area contributed by atoms with Crippen LogP contribution in [0.25, 0.3) is 0 Å². The molecule has 0 atom stereocenters. The van der Waals surface area contributed by atoms with Crippen molar-refractivity contribution in [3.8, 4) is 0 Å². The second-order valence-electron chi connectivity index (χ2n) is 3.13. The summed E-state index contributed by atoms with van der Waals surface area (Å²) in [5.41, 5.74) is 7.96. The van der Waals surface area contributed by atoms with Crippen LogP contribution in [0, 0.1) is 0 Å². The highest BCUT2D eigenvalue weighted by atomic mass is 32.2. The van der Waals surface area contributed by atoms with E-state index in [1.54, 1.807) is 29.3 Å². The molecule has 2 rings (SSSR count). The van der Waals surface area contributed by atoms with E-state index in [0.717, 1.165) is 22.9 Å². The summed E-state index contributed by atoms with van der Waals surface area (Å²) in [5.74, 6) is 1.03. The van der Waals surface area contributed by atoms with Crippen molar-refractivity contribution in [2.75, 3.05) is 11.5 Å². The molecule has 2 heterocycles. The van der Waals surface area contributed by atoms with Gasteiger partial charge in [0.1, 0.15) is 5.03 Å². The van der Waals surface area contributed by atoms with Crippen LogP contribution >= 0.6 is 23.1 Å². The first-order valence-electron chi connectivity index (χ1n) is 4.70. The second kappa shape index (κ2) is 5.19. The summed E-state index contributed by atoms with van der Waals surface area (Å²) in [4.78, 5) is 4.24. The summed E-state index contributed by atoms with van der Waals surface area (Å²) in [6, 6.07) is 5.91. The number of pyridine rings is 1. The minimum absolute atomic E-state index is 0.771. The fourth-order valence-electron chi connectivity index (χ4n) is 1.22. The zero-order chi connectivity index (χ0) is 10.5. The maximum Gasteiger partial charge on any atom is 0.119 e. The quantitative estimate of drug-likeness (QED) is 0.829. The first-order chi connectivity index (χ1) is 7.36. The number of aromatic nitrogens is 1. The van der Waals surface area contributed by atoms with Crippen LogP contribution in [0.2, 0.25) is 0 Å². The van der Waals surface area contributed by atoms with Crippen molar-refractivity contribution in [2.45, 2.75) is 11.4 Å². The number of hydrogen-bond acceptors (Lipinski definition) is 4. The Kier molecular flexibility index (Phi) is 3.64. The molecule has 2 aromatic heterocycles. The normalized spacial score (nSPS) is 10.4. The molecular weight excluding hydrogens is 224 g/mol. The van der Waals surface area contributed by atoms with E-state index in [-0.39, 0.29) is 0 Å². The minimum atomic E-state index is 0.771. The van der Waals surface area contributed by atoms with E-state index in [2.05, 4.69) is 21.8 Å². The summed E-state index contributed by atoms with van der Waals surface area (Å²) in [6.07, 6.45) is 2.85. The van der Waals surface area contributed by atoms with Crippen LogP contribution in [-0.4, -0.2) is 10.7 Å². The lowest BCUT2D eigenvalue weighted by molar-refractivity contribution is 1.12. The Hall–Kier alpha value is -1.00. The molecule has 0 amide bonds. The fraction of sp³-hybridized carbons (Fsp3) is 0.182. The van der Waals surface area contributed by atoms with Gasteiger partial charge >= 0.3 is 0 Å². The van der Waals surface area contributed by atoms with Crippen LogP contribution in [0.1, 0.15) is 5.56 Å². The first-order valence-corrected chi connectivity index (χ1v) is 6.63. The first kappa shape index (κ1) is 10.5. The number of hydrogen-bond donors (Lipinski definition) is 1. The third-order valence-electron chi connectivity index (χ3n) is 2.01. The van der Waals surface area contributed by atoms with Crippen LogP contribution in [0.15, 0.2) is 40.2 Å². The summed E-state index contributed by atoms with van der Waals surface area (Å²) in [5, 5.41) is 5.23. The summed E-state index contributed by atoms with van der Waals surface area (Å²) < 4.78 is 0. The third kappa shape index (κ3) is 2.97. The largest absolute Gasteiger partial charge is 0.397 e. The van der Waals surface area contributed by atoms with Gasteiger partial charge in [0.25, 0.3) is 0 Å². The number of nitrogens with two attached hydrogens (primary N) is 1. The highest BCUT2D eigenvalue weighted by Gasteiger charge is 2.00. The summed E-state index contributed by atoms with van der Waals surface area (Å²) in [7, 11) is 0. The van der Waals surface area contributed by atoms with Crippen molar-refractivity contribution in [3.63, 3.8) is 0 Å². The molecule has 0 aliphatic rings. The molecule has 2 N–H and O–H groups in total. The number of thioether (sulfide) groups is 1. The number of rotatable bonds is 4. The Labute approximate surface area is 97.5 Å². The van der Waals surface area contributed by atoms with Gasteiger partial charge in [0.15, 0.2) is 0 Å². The molecular formula is C11H12N2S2. The van der Waals surface area contributed by atoms with E-state index >= 15 is 0 Å². The Morgan fingerprint density at radius 3 is 3.07 bits per heavy atom. The van der Waals surface area contributed by atoms with E-state index in [9.17, 15) is 0 Å². The molecule has 0 saturated carbocycles. The highest BCUT2D eigenvalue weighted by Crippen LogP contribution is 2.22. The second-order valence-corrected chi connectivity index (χ2v) is 4.99. The predicted molar refractivity (Wildman–Crippen MR) is 67.4 cm³/mol. The van der Waals surface area contributed by atoms with Gasteiger partial charge in [0.2, 0.25) is 0 Å². The Morgan fingerprint density at radius 1 is 1.40 bits per heavy atom. The molecule has 0 fully saturated rings. The molecule has 15 heavy (non-hydrogen) atoms. The average molecular weight is 236 g/mol. The maximum atomic E-state index is 5.80. The highest BCUT2D eigenvalue weighted by molar-refractivity contribution is 7.99. The van der Waals surface area contributed by atoms with Gasteiger partial charge in [0.05, 0.1) is 5.69 Å². The van der Waals surface area contributed by atoms with Gasteiger partial charge in [-0.2, -0.15) is 11.3 Å². The molecule has 0 spiro atoms. The molecule has 0 unspecified atom stereocenters. The number of thiophene rings is 1. The predicted octanol–water partition coefficient (Wildman–Crippen LogP) is 3.06. The number of nitrogens with zero attached hydrogens (tertiary/aromatic N) is 1. The lowest BCUT2D eigenvalue weighted by Gasteiger charge is -2.02. The van der Waals surface area contributed by atoms with Crippen molar-refractivity contribution in [2.24, 2.45) is 0 Å². The van der Waals surface area contributed by atoms with Gasteiger partial charge in [0, 0.05) is 11.9 Å². The molecule has 0 bridgehead atoms. The molecule has 78 valence electrons. The van der Waals surface area contributed by atoms with E-state index in [1.165, 1.54) is 5.56 Å². The lowest BCUT2D eigenvalue weighted by Crippen LogP contribution is -1.93. The van der Waals surface area contributed by atoms with Crippen molar-refractivity contribution >= 4 is 28.8 Å². The standard InChI is InChI=1S/C11H12N2S2/c12-10-2-1-5-13-11(10)15-7-4-9-3-6-14-8-9/h1-3,5-6,8H,4,7,12H2. The lowest BCUT2D eigenvalue weighted by atomic mass is 10.3. The Balaban J connectivity index is 1.86. The molecule has 2 nitrogen and oxygen atoms in total. The van der Waals surface area contributed by atoms with Gasteiger partial charge in [-0.15, -0.1) is 11.8 Å². The van der Waals surface area contributed by atoms with Crippen molar-refractivity contribution in [1.29, 1.82) is 0 Å². The smallest absolute Gasteiger partial charge is 0.119 e. The average Bonchev–Trinajstić information content (AvgIpc) is 2.74. The Bertz CT molecular complexity index is 412. The number of nitrogen functional groups attached to an aromatic ring is 1. The number of anilines is 1. The molecule has 0 saturated heterocycles. The fourth-order valence-corrected chi connectivity index (χ4v) is 2.83. The van der Waals surface area contributed by atoms with Crippen LogP contribution < -0.4 is 5.73 Å². The van der Waals surface area contributed by atoms with E-state index in [4.69, 9.17) is 5.73 Å². The number of aryl methyl sites for hydroxylation is 1. The van der Waals surface area contributed by atoms with Crippen molar-refractivity contribution in [3.05, 3.63) is 40.7 Å². The monoisotopic (exact) mass is 236 g/mol. The van der Waals surface area contributed by atoms with E-state index in [1.807, 2.05) is 12.1 Å².